The maximum absolute atomic E-state index is 12.5. The second kappa shape index (κ2) is 9.09. The maximum Gasteiger partial charge on any atom is 0.309 e. The largest absolute Gasteiger partial charge is 0.457 e. The number of amides is 1. The molecule has 0 atom stereocenters. The van der Waals surface area contributed by atoms with Crippen LogP contribution in [0.5, 0.6) is 0 Å². The number of H-pyrrole nitrogens is 1. The van der Waals surface area contributed by atoms with Gasteiger partial charge in [0.25, 0.3) is 11.9 Å². The summed E-state index contributed by atoms with van der Waals surface area (Å²) < 4.78 is 11.1. The molecule has 1 N–H and O–H groups in total. The van der Waals surface area contributed by atoms with Crippen LogP contribution in [0.4, 0.5) is 6.01 Å². The molecule has 0 radical (unpaired) electrons. The molecule has 172 valence electrons. The van der Waals surface area contributed by atoms with E-state index in [1.54, 1.807) is 4.90 Å². The highest BCUT2D eigenvalue weighted by Crippen LogP contribution is 2.27. The van der Waals surface area contributed by atoms with Crippen LogP contribution < -0.4 is 4.90 Å². The van der Waals surface area contributed by atoms with Gasteiger partial charge >= 0.3 is 5.97 Å². The molecule has 3 aromatic rings. The van der Waals surface area contributed by atoms with E-state index in [1.165, 1.54) is 12.3 Å². The number of Topliss-reactive ketones (excluding diaryl/α,β-unsaturated/α-hetero) is 1. The van der Waals surface area contributed by atoms with Gasteiger partial charge in [0.1, 0.15) is 11.2 Å². The summed E-state index contributed by atoms with van der Waals surface area (Å²) in [5.41, 5.74) is 2.28. The number of ether oxygens (including phenoxy) is 1. The predicted molar refractivity (Wildman–Crippen MR) is 120 cm³/mol. The Kier molecular flexibility index (Phi) is 5.85. The third-order valence-corrected chi connectivity index (χ3v) is 6.36. The van der Waals surface area contributed by atoms with Crippen molar-refractivity contribution in [1.82, 2.24) is 14.9 Å². The Hall–Kier alpha value is -3.62. The van der Waals surface area contributed by atoms with Gasteiger partial charge in [-0.1, -0.05) is 12.1 Å². The van der Waals surface area contributed by atoms with Crippen LogP contribution in [0.2, 0.25) is 0 Å². The van der Waals surface area contributed by atoms with Gasteiger partial charge in [0, 0.05) is 37.9 Å². The molecule has 0 bridgehead atoms. The first-order valence-corrected chi connectivity index (χ1v) is 11.4. The van der Waals surface area contributed by atoms with Crippen molar-refractivity contribution < 1.29 is 23.5 Å². The van der Waals surface area contributed by atoms with E-state index >= 15 is 0 Å². The molecule has 2 aromatic heterocycles. The summed E-state index contributed by atoms with van der Waals surface area (Å²) in [4.78, 5) is 48.6. The van der Waals surface area contributed by atoms with Gasteiger partial charge in [-0.05, 0) is 43.9 Å². The highest BCUT2D eigenvalue weighted by atomic mass is 16.5. The van der Waals surface area contributed by atoms with Crippen LogP contribution in [0, 0.1) is 5.92 Å². The number of esters is 1. The van der Waals surface area contributed by atoms with Gasteiger partial charge in [-0.3, -0.25) is 14.4 Å². The zero-order valence-electron chi connectivity index (χ0n) is 18.3. The summed E-state index contributed by atoms with van der Waals surface area (Å²) in [6, 6.07) is 9.70. The Morgan fingerprint density at radius 1 is 1.09 bits per heavy atom. The van der Waals surface area contributed by atoms with E-state index in [0.29, 0.717) is 43.2 Å². The number of piperidine rings is 1. The van der Waals surface area contributed by atoms with Crippen molar-refractivity contribution in [1.29, 1.82) is 0 Å². The van der Waals surface area contributed by atoms with Crippen molar-refractivity contribution in [2.24, 2.45) is 5.92 Å². The molecule has 1 amide bonds. The highest BCUT2D eigenvalue weighted by molar-refractivity contribution is 6.01. The van der Waals surface area contributed by atoms with Crippen LogP contribution in [0.1, 0.15) is 46.5 Å². The summed E-state index contributed by atoms with van der Waals surface area (Å²) in [5, 5.41) is 0. The molecule has 0 unspecified atom stereocenters. The maximum atomic E-state index is 12.5. The highest BCUT2D eigenvalue weighted by Gasteiger charge is 2.29. The molecule has 33 heavy (non-hydrogen) atoms. The number of benzene rings is 1. The molecule has 0 aliphatic carbocycles. The van der Waals surface area contributed by atoms with Crippen molar-refractivity contribution in [2.45, 2.75) is 25.7 Å². The zero-order valence-corrected chi connectivity index (χ0v) is 18.3. The van der Waals surface area contributed by atoms with Crippen LogP contribution >= 0.6 is 0 Å². The lowest BCUT2D eigenvalue weighted by atomic mass is 9.97. The molecule has 2 saturated heterocycles. The summed E-state index contributed by atoms with van der Waals surface area (Å²) in [6.07, 6.45) is 4.71. The Labute approximate surface area is 190 Å². The third-order valence-electron chi connectivity index (χ3n) is 6.36. The predicted octanol–water partition coefficient (Wildman–Crippen LogP) is 3.03. The number of para-hydroxylation sites is 2. The minimum Gasteiger partial charge on any atom is -0.457 e. The summed E-state index contributed by atoms with van der Waals surface area (Å²) in [6.45, 7) is 2.40. The van der Waals surface area contributed by atoms with Gasteiger partial charge in [0.05, 0.1) is 5.92 Å². The summed E-state index contributed by atoms with van der Waals surface area (Å²) in [7, 11) is 0. The number of carbonyl (C=O) groups is 3. The first-order valence-electron chi connectivity index (χ1n) is 11.4. The SMILES string of the molecule is O=C(COC(=O)C1CCN(c2nc3ccccc3o2)CC1)c1c[nH]c(C(=O)N2CCCC2)c1. The Bertz CT molecular complexity index is 1140. The lowest BCUT2D eigenvalue weighted by molar-refractivity contribution is -0.148. The molecule has 2 aliphatic heterocycles. The molecule has 5 rings (SSSR count). The molecule has 0 spiro atoms. The van der Waals surface area contributed by atoms with Crippen molar-refractivity contribution in [3.63, 3.8) is 0 Å². The lowest BCUT2D eigenvalue weighted by Gasteiger charge is -2.29. The molecule has 0 saturated carbocycles. The fraction of sp³-hybridized carbons (Fsp3) is 0.417. The topological polar surface area (TPSA) is 109 Å². The van der Waals surface area contributed by atoms with Crippen molar-refractivity contribution in [2.75, 3.05) is 37.7 Å². The lowest BCUT2D eigenvalue weighted by Crippen LogP contribution is -2.37. The number of anilines is 1. The van der Waals surface area contributed by atoms with E-state index in [1.807, 2.05) is 29.2 Å². The number of ketones is 1. The molecule has 4 heterocycles. The number of rotatable bonds is 6. The molecule has 1 aromatic carbocycles. The number of nitrogens with one attached hydrogen (secondary N) is 1. The Morgan fingerprint density at radius 2 is 1.85 bits per heavy atom. The number of fused-ring (bicyclic) bond motifs is 1. The van der Waals surface area contributed by atoms with E-state index in [4.69, 9.17) is 9.15 Å². The number of hydrogen-bond donors (Lipinski definition) is 1. The monoisotopic (exact) mass is 450 g/mol. The van der Waals surface area contributed by atoms with Crippen molar-refractivity contribution >= 4 is 34.8 Å². The second-order valence-electron chi connectivity index (χ2n) is 8.56. The first kappa shape index (κ1) is 21.2. The van der Waals surface area contributed by atoms with Crippen molar-refractivity contribution in [3.8, 4) is 0 Å². The minimum atomic E-state index is -0.371. The summed E-state index contributed by atoms with van der Waals surface area (Å²) in [5.74, 6) is -1.07. The molecular weight excluding hydrogens is 424 g/mol. The van der Waals surface area contributed by atoms with E-state index in [-0.39, 0.29) is 30.2 Å². The molecule has 9 heteroatoms. The van der Waals surface area contributed by atoms with Gasteiger partial charge in [-0.15, -0.1) is 0 Å². The fourth-order valence-electron chi connectivity index (χ4n) is 4.41. The van der Waals surface area contributed by atoms with E-state index in [0.717, 1.165) is 37.0 Å². The third kappa shape index (κ3) is 4.48. The average Bonchev–Trinajstić information content (AvgIpc) is 3.62. The minimum absolute atomic E-state index is 0.103. The van der Waals surface area contributed by atoms with Gasteiger partial charge < -0.3 is 23.9 Å². The first-order chi connectivity index (χ1) is 16.1. The van der Waals surface area contributed by atoms with Crippen molar-refractivity contribution in [3.05, 3.63) is 47.8 Å². The molecule has 9 nitrogen and oxygen atoms in total. The van der Waals surface area contributed by atoms with Gasteiger partial charge in [-0.25, -0.2) is 0 Å². The number of aromatic nitrogens is 2. The molecule has 2 fully saturated rings. The number of oxazole rings is 1. The van der Waals surface area contributed by atoms with Gasteiger partial charge in [-0.2, -0.15) is 4.98 Å². The zero-order chi connectivity index (χ0) is 22.8. The van der Waals surface area contributed by atoms with Crippen LogP contribution in [-0.2, 0) is 9.53 Å². The number of hydrogen-bond acceptors (Lipinski definition) is 7. The van der Waals surface area contributed by atoms with Crippen LogP contribution in [0.25, 0.3) is 11.1 Å². The fourth-order valence-corrected chi connectivity index (χ4v) is 4.41. The van der Waals surface area contributed by atoms with Crippen LogP contribution in [0.3, 0.4) is 0 Å². The van der Waals surface area contributed by atoms with Crippen LogP contribution in [0.15, 0.2) is 40.9 Å². The standard InChI is InChI=1S/C24H26N4O5/c29-20(17-13-19(25-14-17)22(30)27-9-3-4-10-27)15-32-23(31)16-7-11-28(12-8-16)24-26-18-5-1-2-6-21(18)33-24/h1-2,5-6,13-14,16,25H,3-4,7-12,15H2. The number of aromatic amines is 1. The number of carbonyl (C=O) groups excluding carboxylic acids is 3. The normalized spacial score (nSPS) is 17.0. The average molecular weight is 450 g/mol. The van der Waals surface area contributed by atoms with E-state index in [2.05, 4.69) is 9.97 Å². The number of likely N-dealkylation sites (tertiary alicyclic amines) is 1. The molecule has 2 aliphatic rings. The number of nitrogens with zero attached hydrogens (tertiary/aromatic N) is 3. The second-order valence-corrected chi connectivity index (χ2v) is 8.56. The van der Waals surface area contributed by atoms with E-state index in [9.17, 15) is 14.4 Å². The quantitative estimate of drug-likeness (QED) is 0.454. The smallest absolute Gasteiger partial charge is 0.309 e. The van der Waals surface area contributed by atoms with Crippen LogP contribution in [-0.4, -0.2) is 65.3 Å². The Morgan fingerprint density at radius 3 is 2.61 bits per heavy atom. The summed E-state index contributed by atoms with van der Waals surface area (Å²) >= 11 is 0. The Balaban J connectivity index is 1.10. The van der Waals surface area contributed by atoms with E-state index < -0.39 is 0 Å². The van der Waals surface area contributed by atoms with Gasteiger partial charge in [0.15, 0.2) is 12.2 Å². The molecular formula is C24H26N4O5. The van der Waals surface area contributed by atoms with Gasteiger partial charge in [0.2, 0.25) is 5.78 Å².